The van der Waals surface area contributed by atoms with Crippen molar-refractivity contribution in [3.05, 3.63) is 28.8 Å². The summed E-state index contributed by atoms with van der Waals surface area (Å²) in [6.07, 6.45) is 1.67. The highest BCUT2D eigenvalue weighted by Gasteiger charge is 2.36. The van der Waals surface area contributed by atoms with Crippen LogP contribution in [0.15, 0.2) is 12.1 Å². The summed E-state index contributed by atoms with van der Waals surface area (Å²) in [4.78, 5) is 11.9. The number of hydrogen-bond acceptors (Lipinski definition) is 2. The fraction of sp³-hybridized carbons (Fsp3) is 0.667. The molecule has 0 heterocycles. The molecule has 0 saturated heterocycles. The van der Waals surface area contributed by atoms with Crippen LogP contribution in [0.1, 0.15) is 84.9 Å². The van der Waals surface area contributed by atoms with Crippen LogP contribution in [-0.4, -0.2) is 16.2 Å². The molecule has 0 bridgehead atoms. The molecule has 3 nitrogen and oxygen atoms in total. The highest BCUT2D eigenvalue weighted by Crippen LogP contribution is 2.41. The molecule has 0 fully saturated rings. The SMILES string of the molecule is CCC(CC)(Cc1cc(C(C)(C)C)c(O)c(C(C)(C)C)c1)C(=O)O. The lowest BCUT2D eigenvalue weighted by atomic mass is 9.73. The molecule has 0 saturated carbocycles. The van der Waals surface area contributed by atoms with Crippen LogP contribution in [0.5, 0.6) is 5.75 Å². The van der Waals surface area contributed by atoms with Crippen molar-refractivity contribution in [3.63, 3.8) is 0 Å². The van der Waals surface area contributed by atoms with Gasteiger partial charge in [0.25, 0.3) is 0 Å². The summed E-state index contributed by atoms with van der Waals surface area (Å²) in [6.45, 7) is 16.3. The van der Waals surface area contributed by atoms with E-state index in [-0.39, 0.29) is 10.8 Å². The van der Waals surface area contributed by atoms with Crippen molar-refractivity contribution in [1.29, 1.82) is 0 Å². The highest BCUT2D eigenvalue weighted by molar-refractivity contribution is 5.75. The van der Waals surface area contributed by atoms with Gasteiger partial charge in [-0.15, -0.1) is 0 Å². The van der Waals surface area contributed by atoms with Gasteiger partial charge in [-0.2, -0.15) is 0 Å². The van der Waals surface area contributed by atoms with Crippen LogP contribution in [0, 0.1) is 5.41 Å². The van der Waals surface area contributed by atoms with Crippen molar-refractivity contribution in [1.82, 2.24) is 0 Å². The van der Waals surface area contributed by atoms with Gasteiger partial charge in [-0.3, -0.25) is 4.79 Å². The molecule has 0 atom stereocenters. The van der Waals surface area contributed by atoms with Gasteiger partial charge in [-0.25, -0.2) is 0 Å². The molecule has 0 radical (unpaired) electrons. The fourth-order valence-corrected chi connectivity index (χ4v) is 3.21. The van der Waals surface area contributed by atoms with Crippen LogP contribution in [0.2, 0.25) is 0 Å². The normalized spacial score (nSPS) is 13.2. The molecule has 0 aliphatic heterocycles. The molecule has 0 unspecified atom stereocenters. The minimum Gasteiger partial charge on any atom is -0.507 e. The first-order valence-corrected chi connectivity index (χ1v) is 8.88. The number of carboxylic acids is 1. The van der Waals surface area contributed by atoms with Gasteiger partial charge in [0.15, 0.2) is 0 Å². The molecule has 0 spiro atoms. The third-order valence-corrected chi connectivity index (χ3v) is 5.14. The Morgan fingerprint density at radius 1 is 0.917 bits per heavy atom. The largest absolute Gasteiger partial charge is 0.507 e. The molecule has 1 aromatic rings. The molecule has 3 heteroatoms. The maximum absolute atomic E-state index is 11.9. The number of benzene rings is 1. The maximum atomic E-state index is 11.9. The summed E-state index contributed by atoms with van der Waals surface area (Å²) in [5.74, 6) is -0.400. The molecule has 0 aliphatic rings. The predicted molar refractivity (Wildman–Crippen MR) is 99.9 cm³/mol. The van der Waals surface area contributed by atoms with Crippen molar-refractivity contribution in [2.24, 2.45) is 5.41 Å². The summed E-state index contributed by atoms with van der Waals surface area (Å²) in [6, 6.07) is 3.99. The minimum atomic E-state index is -0.749. The number of rotatable bonds is 5. The Morgan fingerprint density at radius 3 is 1.54 bits per heavy atom. The number of phenols is 1. The third kappa shape index (κ3) is 4.12. The molecular weight excluding hydrogens is 300 g/mol. The van der Waals surface area contributed by atoms with Crippen molar-refractivity contribution in [2.45, 2.75) is 85.5 Å². The standard InChI is InChI=1S/C21H34O3/c1-9-21(10-2,18(23)24)13-14-11-15(19(3,4)5)17(22)16(12-14)20(6,7)8/h11-12,22H,9-10,13H2,1-8H3,(H,23,24). The lowest BCUT2D eigenvalue weighted by molar-refractivity contribution is -0.149. The smallest absolute Gasteiger partial charge is 0.309 e. The van der Waals surface area contributed by atoms with Crippen LogP contribution in [0.4, 0.5) is 0 Å². The van der Waals surface area contributed by atoms with Crippen LogP contribution in [-0.2, 0) is 22.0 Å². The van der Waals surface area contributed by atoms with Gasteiger partial charge in [0, 0.05) is 0 Å². The van der Waals surface area contributed by atoms with Crippen molar-refractivity contribution >= 4 is 5.97 Å². The lowest BCUT2D eigenvalue weighted by Crippen LogP contribution is -2.32. The average molecular weight is 335 g/mol. The van der Waals surface area contributed by atoms with Crippen LogP contribution in [0.3, 0.4) is 0 Å². The Hall–Kier alpha value is -1.51. The fourth-order valence-electron chi connectivity index (χ4n) is 3.21. The zero-order chi connectivity index (χ0) is 18.9. The number of carboxylic acid groups (broad SMARTS) is 1. The van der Waals surface area contributed by atoms with E-state index < -0.39 is 11.4 Å². The Labute approximate surface area is 147 Å². The van der Waals surface area contributed by atoms with E-state index in [1.807, 2.05) is 26.0 Å². The maximum Gasteiger partial charge on any atom is 0.309 e. The second kappa shape index (κ2) is 6.78. The highest BCUT2D eigenvalue weighted by atomic mass is 16.4. The van der Waals surface area contributed by atoms with Crippen LogP contribution >= 0.6 is 0 Å². The van der Waals surface area contributed by atoms with Gasteiger partial charge < -0.3 is 10.2 Å². The summed E-state index contributed by atoms with van der Waals surface area (Å²) in [5.41, 5.74) is 1.61. The summed E-state index contributed by atoms with van der Waals surface area (Å²) >= 11 is 0. The van der Waals surface area contributed by atoms with Gasteiger partial charge in [0.1, 0.15) is 5.75 Å². The van der Waals surface area contributed by atoms with E-state index in [4.69, 9.17) is 0 Å². The number of aliphatic carboxylic acids is 1. The molecule has 0 aromatic heterocycles. The first-order chi connectivity index (χ1) is 10.8. The van der Waals surface area contributed by atoms with Crippen molar-refractivity contribution in [3.8, 4) is 5.75 Å². The number of carbonyl (C=O) groups is 1. The number of hydrogen-bond donors (Lipinski definition) is 2. The molecular formula is C21H34O3. The number of phenolic OH excluding ortho intramolecular Hbond substituents is 1. The Bertz CT molecular complexity index is 561. The predicted octanol–water partition coefficient (Wildman–Crippen LogP) is 5.42. The molecule has 0 aliphatic carbocycles. The zero-order valence-corrected chi connectivity index (χ0v) is 16.6. The first kappa shape index (κ1) is 20.5. The van der Waals surface area contributed by atoms with E-state index in [1.165, 1.54) is 0 Å². The van der Waals surface area contributed by atoms with E-state index in [0.717, 1.165) is 16.7 Å². The zero-order valence-electron chi connectivity index (χ0n) is 16.6. The Morgan fingerprint density at radius 2 is 1.29 bits per heavy atom. The van der Waals surface area contributed by atoms with Crippen molar-refractivity contribution in [2.75, 3.05) is 0 Å². The van der Waals surface area contributed by atoms with E-state index >= 15 is 0 Å². The number of aromatic hydroxyl groups is 1. The molecule has 136 valence electrons. The monoisotopic (exact) mass is 334 g/mol. The lowest BCUT2D eigenvalue weighted by Gasteiger charge is -2.31. The summed E-state index contributed by atoms with van der Waals surface area (Å²) < 4.78 is 0. The van der Waals surface area contributed by atoms with Gasteiger partial charge in [-0.05, 0) is 46.8 Å². The molecule has 24 heavy (non-hydrogen) atoms. The third-order valence-electron chi connectivity index (χ3n) is 5.14. The molecule has 2 N–H and O–H groups in total. The Balaban J connectivity index is 3.58. The van der Waals surface area contributed by atoms with Crippen LogP contribution in [0.25, 0.3) is 0 Å². The summed E-state index contributed by atoms with van der Waals surface area (Å²) in [7, 11) is 0. The summed E-state index contributed by atoms with van der Waals surface area (Å²) in [5, 5.41) is 20.5. The van der Waals surface area contributed by atoms with Crippen molar-refractivity contribution < 1.29 is 15.0 Å². The first-order valence-electron chi connectivity index (χ1n) is 8.88. The van der Waals surface area contributed by atoms with Gasteiger partial charge in [0.05, 0.1) is 5.41 Å². The average Bonchev–Trinajstić information content (AvgIpc) is 2.43. The second-order valence-corrected chi connectivity index (χ2v) is 9.01. The van der Waals surface area contributed by atoms with E-state index in [9.17, 15) is 15.0 Å². The van der Waals surface area contributed by atoms with Gasteiger partial charge >= 0.3 is 5.97 Å². The molecule has 1 aromatic carbocycles. The molecule has 0 amide bonds. The van der Waals surface area contributed by atoms with E-state index in [0.29, 0.717) is 25.0 Å². The van der Waals surface area contributed by atoms with E-state index in [2.05, 4.69) is 41.5 Å². The van der Waals surface area contributed by atoms with Gasteiger partial charge in [0.2, 0.25) is 0 Å². The minimum absolute atomic E-state index is 0.204. The quantitative estimate of drug-likeness (QED) is 0.756. The second-order valence-electron chi connectivity index (χ2n) is 9.01. The molecule has 1 rings (SSSR count). The Kier molecular flexibility index (Phi) is 5.80. The van der Waals surface area contributed by atoms with E-state index in [1.54, 1.807) is 0 Å². The topological polar surface area (TPSA) is 57.5 Å². The van der Waals surface area contributed by atoms with Gasteiger partial charge in [-0.1, -0.05) is 67.5 Å². The van der Waals surface area contributed by atoms with Crippen LogP contribution < -0.4 is 0 Å².